The first-order valence-corrected chi connectivity index (χ1v) is 4.47. The second kappa shape index (κ2) is 4.48. The molecule has 14 heavy (non-hydrogen) atoms. The Morgan fingerprint density at radius 2 is 2.00 bits per heavy atom. The normalized spacial score (nSPS) is 11.5. The lowest BCUT2D eigenvalue weighted by molar-refractivity contribution is 0.101. The number of hydrogen-bond acceptors (Lipinski definition) is 2. The number of carbonyl (C=O) groups is 1. The Hall–Kier alpha value is -1.75. The Morgan fingerprint density at radius 1 is 1.43 bits per heavy atom. The van der Waals surface area contributed by atoms with Crippen molar-refractivity contribution in [2.75, 3.05) is 5.32 Å². The molecular weight excluding hydrogens is 174 g/mol. The summed E-state index contributed by atoms with van der Waals surface area (Å²) in [6, 6.07) is 7.27. The minimum absolute atomic E-state index is 0.00169. The number of anilines is 1. The average molecular weight is 187 g/mol. The molecule has 0 aliphatic rings. The van der Waals surface area contributed by atoms with E-state index < -0.39 is 0 Å². The highest BCUT2D eigenvalue weighted by Crippen LogP contribution is 2.10. The second-order valence-electron chi connectivity index (χ2n) is 3.17. The van der Waals surface area contributed by atoms with Gasteiger partial charge in [-0.2, -0.15) is 0 Å². The molecule has 0 spiro atoms. The standard InChI is InChI=1S/C12H13NO/c1-4-9(2)13-12-7-5-11(6-8-12)10(3)14/h1,5-9,13H,2-3H3. The molecule has 0 radical (unpaired) electrons. The fourth-order valence-electron chi connectivity index (χ4n) is 1.09. The zero-order chi connectivity index (χ0) is 10.6. The van der Waals surface area contributed by atoms with E-state index in [-0.39, 0.29) is 11.8 Å². The summed E-state index contributed by atoms with van der Waals surface area (Å²) in [5, 5.41) is 3.11. The van der Waals surface area contributed by atoms with Crippen LogP contribution in [0.2, 0.25) is 0 Å². The molecule has 0 heterocycles. The van der Waals surface area contributed by atoms with Crippen LogP contribution in [0.15, 0.2) is 24.3 Å². The van der Waals surface area contributed by atoms with E-state index in [0.717, 1.165) is 5.69 Å². The second-order valence-corrected chi connectivity index (χ2v) is 3.17. The molecule has 1 aromatic carbocycles. The molecule has 72 valence electrons. The first-order chi connectivity index (χ1) is 6.63. The van der Waals surface area contributed by atoms with Crippen LogP contribution < -0.4 is 5.32 Å². The summed E-state index contributed by atoms with van der Waals surface area (Å²) in [7, 11) is 0. The van der Waals surface area contributed by atoms with Crippen molar-refractivity contribution < 1.29 is 4.79 Å². The zero-order valence-corrected chi connectivity index (χ0v) is 8.37. The maximum atomic E-state index is 11.0. The summed E-state index contributed by atoms with van der Waals surface area (Å²) < 4.78 is 0. The van der Waals surface area contributed by atoms with Crippen LogP contribution in [0.5, 0.6) is 0 Å². The molecule has 1 rings (SSSR count). The van der Waals surface area contributed by atoms with E-state index in [2.05, 4.69) is 11.2 Å². The Labute approximate surface area is 84.3 Å². The molecule has 0 saturated heterocycles. The van der Waals surface area contributed by atoms with Crippen molar-refractivity contribution >= 4 is 11.5 Å². The molecule has 1 unspecified atom stereocenters. The Balaban J connectivity index is 2.75. The molecule has 0 aliphatic carbocycles. The van der Waals surface area contributed by atoms with Gasteiger partial charge in [-0.25, -0.2) is 0 Å². The van der Waals surface area contributed by atoms with E-state index in [1.807, 2.05) is 19.1 Å². The minimum Gasteiger partial charge on any atom is -0.372 e. The number of hydrogen-bond donors (Lipinski definition) is 1. The van der Waals surface area contributed by atoms with E-state index in [1.165, 1.54) is 0 Å². The Bertz CT molecular complexity index is 359. The van der Waals surface area contributed by atoms with Gasteiger partial charge in [0.25, 0.3) is 0 Å². The predicted molar refractivity (Wildman–Crippen MR) is 58.4 cm³/mol. The Kier molecular flexibility index (Phi) is 3.30. The van der Waals surface area contributed by atoms with E-state index in [1.54, 1.807) is 19.1 Å². The highest BCUT2D eigenvalue weighted by molar-refractivity contribution is 5.94. The zero-order valence-electron chi connectivity index (χ0n) is 8.37. The van der Waals surface area contributed by atoms with Crippen molar-refractivity contribution in [1.29, 1.82) is 0 Å². The Morgan fingerprint density at radius 3 is 2.43 bits per heavy atom. The number of benzene rings is 1. The highest BCUT2D eigenvalue weighted by Gasteiger charge is 2.00. The third-order valence-corrected chi connectivity index (χ3v) is 1.92. The van der Waals surface area contributed by atoms with E-state index in [0.29, 0.717) is 5.56 Å². The van der Waals surface area contributed by atoms with Gasteiger partial charge in [-0.05, 0) is 38.1 Å². The van der Waals surface area contributed by atoms with Gasteiger partial charge in [0.05, 0.1) is 6.04 Å². The molecule has 2 nitrogen and oxygen atoms in total. The van der Waals surface area contributed by atoms with Crippen molar-refractivity contribution in [1.82, 2.24) is 0 Å². The van der Waals surface area contributed by atoms with Crippen LogP contribution in [0, 0.1) is 12.3 Å². The smallest absolute Gasteiger partial charge is 0.159 e. The monoisotopic (exact) mass is 187 g/mol. The first-order valence-electron chi connectivity index (χ1n) is 4.47. The first kappa shape index (κ1) is 10.3. The summed E-state index contributed by atoms with van der Waals surface area (Å²) in [6.45, 7) is 3.45. The molecule has 0 fully saturated rings. The van der Waals surface area contributed by atoms with Crippen LogP contribution in [0.3, 0.4) is 0 Å². The third-order valence-electron chi connectivity index (χ3n) is 1.92. The van der Waals surface area contributed by atoms with Crippen LogP contribution >= 0.6 is 0 Å². The molecule has 1 N–H and O–H groups in total. The summed E-state index contributed by atoms with van der Waals surface area (Å²) in [5.74, 6) is 2.64. The molecule has 0 aromatic heterocycles. The molecule has 1 atom stereocenters. The average Bonchev–Trinajstić information content (AvgIpc) is 2.18. The van der Waals surface area contributed by atoms with Gasteiger partial charge in [0.2, 0.25) is 0 Å². The van der Waals surface area contributed by atoms with Gasteiger partial charge >= 0.3 is 0 Å². The minimum atomic E-state index is -0.00169. The summed E-state index contributed by atoms with van der Waals surface area (Å²) in [5.41, 5.74) is 1.64. The largest absolute Gasteiger partial charge is 0.372 e. The number of nitrogens with one attached hydrogen (secondary N) is 1. The summed E-state index contributed by atoms with van der Waals surface area (Å²) in [4.78, 5) is 11.0. The SMILES string of the molecule is C#CC(C)Nc1ccc(C(C)=O)cc1. The van der Waals surface area contributed by atoms with Crippen LogP contribution in [-0.4, -0.2) is 11.8 Å². The molecule has 0 bridgehead atoms. The molecule has 0 saturated carbocycles. The lowest BCUT2D eigenvalue weighted by Gasteiger charge is -2.08. The number of ketones is 1. The molecule has 0 aliphatic heterocycles. The molecule has 2 heteroatoms. The van der Waals surface area contributed by atoms with Gasteiger partial charge in [-0.3, -0.25) is 4.79 Å². The van der Waals surface area contributed by atoms with Gasteiger partial charge < -0.3 is 5.32 Å². The van der Waals surface area contributed by atoms with Gasteiger partial charge in [-0.1, -0.05) is 5.92 Å². The maximum Gasteiger partial charge on any atom is 0.159 e. The van der Waals surface area contributed by atoms with Crippen LogP contribution in [0.25, 0.3) is 0 Å². The quantitative estimate of drug-likeness (QED) is 0.581. The molecule has 0 amide bonds. The van der Waals surface area contributed by atoms with Gasteiger partial charge in [0, 0.05) is 11.3 Å². The lowest BCUT2D eigenvalue weighted by Crippen LogP contribution is -2.11. The van der Waals surface area contributed by atoms with Crippen molar-refractivity contribution in [3.63, 3.8) is 0 Å². The van der Waals surface area contributed by atoms with Crippen LogP contribution in [0.4, 0.5) is 5.69 Å². The highest BCUT2D eigenvalue weighted by atomic mass is 16.1. The lowest BCUT2D eigenvalue weighted by atomic mass is 10.1. The summed E-state index contributed by atoms with van der Waals surface area (Å²) >= 11 is 0. The van der Waals surface area contributed by atoms with Crippen molar-refractivity contribution in [2.45, 2.75) is 19.9 Å². The van der Waals surface area contributed by atoms with Crippen LogP contribution in [-0.2, 0) is 0 Å². The van der Waals surface area contributed by atoms with Gasteiger partial charge in [-0.15, -0.1) is 6.42 Å². The van der Waals surface area contributed by atoms with Gasteiger partial charge in [0.15, 0.2) is 5.78 Å². The van der Waals surface area contributed by atoms with E-state index in [9.17, 15) is 4.79 Å². The van der Waals surface area contributed by atoms with Crippen molar-refractivity contribution in [3.05, 3.63) is 29.8 Å². The number of carbonyl (C=O) groups excluding carboxylic acids is 1. The van der Waals surface area contributed by atoms with E-state index >= 15 is 0 Å². The molecular formula is C12H13NO. The fraction of sp³-hybridized carbons (Fsp3) is 0.250. The van der Waals surface area contributed by atoms with Crippen molar-refractivity contribution in [3.8, 4) is 12.3 Å². The number of Topliss-reactive ketones (excluding diaryl/α,β-unsaturated/α-hetero) is 1. The van der Waals surface area contributed by atoms with E-state index in [4.69, 9.17) is 6.42 Å². The topological polar surface area (TPSA) is 29.1 Å². The predicted octanol–water partition coefficient (Wildman–Crippen LogP) is 2.32. The molecule has 1 aromatic rings. The van der Waals surface area contributed by atoms with Gasteiger partial charge in [0.1, 0.15) is 0 Å². The fourth-order valence-corrected chi connectivity index (χ4v) is 1.09. The van der Waals surface area contributed by atoms with Crippen molar-refractivity contribution in [2.24, 2.45) is 0 Å². The number of rotatable bonds is 3. The third kappa shape index (κ3) is 2.63. The summed E-state index contributed by atoms with van der Waals surface area (Å²) in [6.07, 6.45) is 5.23. The number of terminal acetylenes is 1. The maximum absolute atomic E-state index is 11.0. The van der Waals surface area contributed by atoms with Crippen LogP contribution in [0.1, 0.15) is 24.2 Å².